The molecule has 5 N–H and O–H groups in total. The van der Waals surface area contributed by atoms with Gasteiger partial charge >= 0.3 is 5.97 Å². The summed E-state index contributed by atoms with van der Waals surface area (Å²) >= 11 is 1.61. The van der Waals surface area contributed by atoms with E-state index in [1.165, 1.54) is 20.8 Å². The zero-order valence-electron chi connectivity index (χ0n) is 22.9. The molecule has 0 unspecified atom stereocenters. The molecule has 216 valence electrons. The molecule has 14 heteroatoms. The minimum Gasteiger partial charge on any atom is -0.480 e. The van der Waals surface area contributed by atoms with Crippen molar-refractivity contribution in [3.63, 3.8) is 0 Å². The molecule has 0 radical (unpaired) electrons. The number of carbonyl (C=O) groups is 7. The molecule has 4 atom stereocenters. The Morgan fingerprint density at radius 1 is 0.579 bits per heavy atom. The molecule has 0 bridgehead atoms. The number of thioether (sulfide) groups is 2. The number of aliphatic carboxylic acids is 1. The van der Waals surface area contributed by atoms with E-state index in [1.807, 2.05) is 27.7 Å². The van der Waals surface area contributed by atoms with E-state index < -0.39 is 53.8 Å². The number of carboxylic acids is 1. The van der Waals surface area contributed by atoms with Crippen molar-refractivity contribution >= 4 is 63.4 Å². The van der Waals surface area contributed by atoms with Crippen LogP contribution in [-0.4, -0.2) is 80.6 Å². The van der Waals surface area contributed by atoms with Crippen molar-refractivity contribution in [3.05, 3.63) is 0 Å². The van der Waals surface area contributed by atoms with Crippen LogP contribution in [0.2, 0.25) is 0 Å². The summed E-state index contributed by atoms with van der Waals surface area (Å²) in [7, 11) is 0. The highest BCUT2D eigenvalue weighted by molar-refractivity contribution is 8.13. The monoisotopic (exact) mass is 576 g/mol. The van der Waals surface area contributed by atoms with Crippen molar-refractivity contribution in [2.24, 2.45) is 11.8 Å². The molecule has 4 amide bonds. The summed E-state index contributed by atoms with van der Waals surface area (Å²) in [5, 5.41) is 19.0. The van der Waals surface area contributed by atoms with Gasteiger partial charge in [-0.1, -0.05) is 51.2 Å². The Labute approximate surface area is 232 Å². The molecule has 0 fully saturated rings. The molecule has 0 aliphatic carbocycles. The maximum absolute atomic E-state index is 13.2. The Bertz CT molecular complexity index is 881. The van der Waals surface area contributed by atoms with E-state index in [9.17, 15) is 38.7 Å². The molecule has 12 nitrogen and oxygen atoms in total. The molecule has 0 aromatic carbocycles. The van der Waals surface area contributed by atoms with Crippen LogP contribution in [0.5, 0.6) is 0 Å². The number of rotatable bonds is 16. The summed E-state index contributed by atoms with van der Waals surface area (Å²) in [5.41, 5.74) is 0. The smallest absolute Gasteiger partial charge is 0.327 e. The molecule has 0 aromatic rings. The number of carboxylic acid groups (broad SMARTS) is 1. The van der Waals surface area contributed by atoms with E-state index in [1.54, 1.807) is 0 Å². The SMILES string of the molecule is CC(=O)N[C@@H](CSC(C)=O)C(=O)N[C@H](CC(C)C)C(=O)N[C@H](CC(C)C)C(=O)N[C@@H](CSC(C)=O)C(=O)O. The second-order valence-corrected chi connectivity index (χ2v) is 12.0. The highest BCUT2D eigenvalue weighted by Gasteiger charge is 2.32. The van der Waals surface area contributed by atoms with Crippen LogP contribution in [0, 0.1) is 11.8 Å². The number of carbonyl (C=O) groups excluding carboxylic acids is 6. The number of nitrogens with one attached hydrogen (secondary N) is 4. The van der Waals surface area contributed by atoms with Gasteiger partial charge < -0.3 is 26.4 Å². The summed E-state index contributed by atoms with van der Waals surface area (Å²) in [6.07, 6.45) is 0.406. The quantitative estimate of drug-likeness (QED) is 0.175. The van der Waals surface area contributed by atoms with E-state index in [0.717, 1.165) is 23.5 Å². The number of hydrogen-bond acceptors (Lipinski definition) is 9. The average molecular weight is 577 g/mol. The van der Waals surface area contributed by atoms with E-state index in [2.05, 4.69) is 21.3 Å². The molecule has 38 heavy (non-hydrogen) atoms. The Hall–Kier alpha value is -2.61. The Morgan fingerprint density at radius 3 is 1.24 bits per heavy atom. The normalized spacial score (nSPS) is 14.1. The van der Waals surface area contributed by atoms with Crippen LogP contribution in [0.3, 0.4) is 0 Å². The minimum atomic E-state index is -1.34. The van der Waals surface area contributed by atoms with Gasteiger partial charge in [0.1, 0.15) is 24.2 Å². The lowest BCUT2D eigenvalue weighted by Gasteiger charge is -2.27. The lowest BCUT2D eigenvalue weighted by atomic mass is 9.99. The Morgan fingerprint density at radius 2 is 0.921 bits per heavy atom. The molecule has 0 heterocycles. The summed E-state index contributed by atoms with van der Waals surface area (Å²) in [6, 6.07) is -4.57. The predicted molar refractivity (Wildman–Crippen MR) is 146 cm³/mol. The third-order valence-electron chi connectivity index (χ3n) is 4.90. The van der Waals surface area contributed by atoms with E-state index in [4.69, 9.17) is 0 Å². The lowest BCUT2D eigenvalue weighted by Crippen LogP contribution is -2.58. The first-order valence-corrected chi connectivity index (χ1v) is 14.2. The molecule has 0 aromatic heterocycles. The van der Waals surface area contributed by atoms with Gasteiger partial charge in [-0.25, -0.2) is 4.79 Å². The van der Waals surface area contributed by atoms with Crippen LogP contribution in [-0.2, 0) is 33.6 Å². The van der Waals surface area contributed by atoms with Crippen LogP contribution in [0.25, 0.3) is 0 Å². The molecule has 0 aliphatic heterocycles. The molecule has 0 aliphatic rings. The van der Waals surface area contributed by atoms with Gasteiger partial charge in [0.15, 0.2) is 10.2 Å². The van der Waals surface area contributed by atoms with Gasteiger partial charge in [0, 0.05) is 32.3 Å². The van der Waals surface area contributed by atoms with E-state index in [-0.39, 0.29) is 46.4 Å². The van der Waals surface area contributed by atoms with Crippen LogP contribution in [0.15, 0.2) is 0 Å². The summed E-state index contributed by atoms with van der Waals surface area (Å²) in [5.74, 6) is -4.13. The number of amides is 4. The summed E-state index contributed by atoms with van der Waals surface area (Å²) < 4.78 is 0. The summed E-state index contributed by atoms with van der Waals surface area (Å²) in [4.78, 5) is 84.9. The van der Waals surface area contributed by atoms with Gasteiger partial charge in [-0.3, -0.25) is 28.8 Å². The first-order valence-electron chi connectivity index (χ1n) is 12.2. The van der Waals surface area contributed by atoms with Gasteiger partial charge in [0.25, 0.3) is 0 Å². The molecule has 0 saturated heterocycles. The van der Waals surface area contributed by atoms with Gasteiger partial charge in [0.2, 0.25) is 23.6 Å². The van der Waals surface area contributed by atoms with Gasteiger partial charge in [-0.05, 0) is 24.7 Å². The van der Waals surface area contributed by atoms with Gasteiger partial charge in [-0.2, -0.15) is 0 Å². The highest BCUT2D eigenvalue weighted by Crippen LogP contribution is 2.11. The average Bonchev–Trinajstić information content (AvgIpc) is 2.76. The van der Waals surface area contributed by atoms with Crippen LogP contribution in [0.4, 0.5) is 0 Å². The van der Waals surface area contributed by atoms with Crippen molar-refractivity contribution in [1.82, 2.24) is 21.3 Å². The zero-order chi connectivity index (χ0) is 29.6. The second-order valence-electron chi connectivity index (χ2n) is 9.64. The van der Waals surface area contributed by atoms with Crippen molar-refractivity contribution in [2.45, 2.75) is 85.5 Å². The van der Waals surface area contributed by atoms with Crippen molar-refractivity contribution in [1.29, 1.82) is 0 Å². The largest absolute Gasteiger partial charge is 0.480 e. The fourth-order valence-electron chi connectivity index (χ4n) is 3.23. The Kier molecular flexibility index (Phi) is 16.6. The van der Waals surface area contributed by atoms with Crippen molar-refractivity contribution in [2.75, 3.05) is 11.5 Å². The Balaban J connectivity index is 5.73. The topological polar surface area (TPSA) is 188 Å². The molecule has 0 saturated carbocycles. The predicted octanol–water partition coefficient (Wildman–Crippen LogP) is 0.682. The van der Waals surface area contributed by atoms with Crippen LogP contribution < -0.4 is 21.3 Å². The standard InChI is InChI=1S/C24H40N4O8S2/c1-12(2)8-17(27-23(34)19(25-14(5)29)10-37-15(6)30)21(32)26-18(9-13(3)4)22(33)28-20(24(35)36)11-38-16(7)31/h12-13,17-20H,8-11H2,1-7H3,(H,25,29)(H,26,32)(H,27,34)(H,28,33)(H,35,36)/t17-,18-,19+,20+/m1/s1. The molecular weight excluding hydrogens is 536 g/mol. The fourth-order valence-corrected chi connectivity index (χ4v) is 4.49. The van der Waals surface area contributed by atoms with Gasteiger partial charge in [0.05, 0.1) is 0 Å². The van der Waals surface area contributed by atoms with Crippen LogP contribution in [0.1, 0.15) is 61.3 Å². The fraction of sp³-hybridized carbons (Fsp3) is 0.708. The van der Waals surface area contributed by atoms with E-state index >= 15 is 0 Å². The molecule has 0 spiro atoms. The van der Waals surface area contributed by atoms with Gasteiger partial charge in [-0.15, -0.1) is 0 Å². The van der Waals surface area contributed by atoms with E-state index in [0.29, 0.717) is 0 Å². The lowest BCUT2D eigenvalue weighted by molar-refractivity contribution is -0.141. The molecular formula is C24H40N4O8S2. The maximum Gasteiger partial charge on any atom is 0.327 e. The highest BCUT2D eigenvalue weighted by atomic mass is 32.2. The first-order chi connectivity index (χ1) is 17.5. The molecule has 0 rings (SSSR count). The number of hydrogen-bond donors (Lipinski definition) is 5. The third-order valence-corrected chi connectivity index (χ3v) is 6.71. The second kappa shape index (κ2) is 17.8. The third kappa shape index (κ3) is 15.6. The summed E-state index contributed by atoms with van der Waals surface area (Å²) in [6.45, 7) is 11.2. The zero-order valence-corrected chi connectivity index (χ0v) is 24.5. The van der Waals surface area contributed by atoms with Crippen molar-refractivity contribution in [3.8, 4) is 0 Å². The van der Waals surface area contributed by atoms with Crippen molar-refractivity contribution < 1.29 is 38.7 Å². The van der Waals surface area contributed by atoms with Crippen LogP contribution >= 0.6 is 23.5 Å². The first kappa shape index (κ1) is 35.4. The minimum absolute atomic E-state index is 0.0238. The maximum atomic E-state index is 13.2.